The van der Waals surface area contributed by atoms with Crippen molar-refractivity contribution in [2.75, 3.05) is 5.32 Å². The molecule has 0 aliphatic carbocycles. The number of carbonyl (C=O) groups excluding carboxylic acids is 1. The van der Waals surface area contributed by atoms with Crippen molar-refractivity contribution < 1.29 is 13.9 Å². The number of carbonyl (C=O) groups is 1. The fraction of sp³-hybridized carbons (Fsp3) is 0.160. The fourth-order valence-electron chi connectivity index (χ4n) is 3.31. The van der Waals surface area contributed by atoms with Crippen molar-refractivity contribution in [2.45, 2.75) is 26.2 Å². The molecule has 2 heterocycles. The van der Waals surface area contributed by atoms with Gasteiger partial charge in [0.05, 0.1) is 16.6 Å². The van der Waals surface area contributed by atoms with Crippen LogP contribution >= 0.6 is 23.6 Å². The number of fused-ring (bicyclic) bond motifs is 1. The maximum atomic E-state index is 14.8. The number of aryl methyl sites for hydroxylation is 1. The van der Waals surface area contributed by atoms with E-state index in [0.29, 0.717) is 11.4 Å². The van der Waals surface area contributed by atoms with Crippen molar-refractivity contribution in [3.8, 4) is 11.5 Å². The van der Waals surface area contributed by atoms with Gasteiger partial charge in [-0.05, 0) is 42.4 Å². The maximum Gasteiger partial charge on any atom is 0.230 e. The minimum atomic E-state index is -0.547. The van der Waals surface area contributed by atoms with Crippen LogP contribution in [-0.2, 0) is 17.6 Å². The molecule has 2 N–H and O–H groups in total. The van der Waals surface area contributed by atoms with Gasteiger partial charge in [0.15, 0.2) is 16.7 Å². The third-order valence-electron chi connectivity index (χ3n) is 4.79. The van der Waals surface area contributed by atoms with Gasteiger partial charge in [-0.15, -0.1) is 11.3 Å². The molecule has 4 aromatic rings. The fourth-order valence-corrected chi connectivity index (χ4v) is 4.71. The van der Waals surface area contributed by atoms with Crippen LogP contribution in [0, 0.1) is 5.82 Å². The predicted octanol–water partition coefficient (Wildman–Crippen LogP) is 6.24. The third-order valence-corrected chi connectivity index (χ3v) is 6.20. The number of anilines is 1. The molecule has 0 aliphatic heterocycles. The summed E-state index contributed by atoms with van der Waals surface area (Å²) in [6, 6.07) is 17.6. The highest BCUT2D eigenvalue weighted by atomic mass is 32.1. The van der Waals surface area contributed by atoms with Crippen molar-refractivity contribution in [3.05, 3.63) is 83.1 Å². The van der Waals surface area contributed by atoms with Crippen LogP contribution in [-0.4, -0.2) is 16.0 Å². The molecule has 0 spiro atoms. The van der Waals surface area contributed by atoms with Crippen molar-refractivity contribution in [3.63, 3.8) is 0 Å². The minimum Gasteiger partial charge on any atom is -0.453 e. The van der Waals surface area contributed by atoms with Crippen LogP contribution in [0.5, 0.6) is 11.5 Å². The highest BCUT2D eigenvalue weighted by Gasteiger charge is 2.13. The molecule has 0 aliphatic rings. The number of pyridine rings is 1. The molecular formula is C25H22FN3O2S2. The van der Waals surface area contributed by atoms with Crippen molar-refractivity contribution in [2.24, 2.45) is 0 Å². The molecule has 8 heteroatoms. The van der Waals surface area contributed by atoms with E-state index in [0.717, 1.165) is 28.6 Å². The van der Waals surface area contributed by atoms with Gasteiger partial charge in [-0.1, -0.05) is 43.7 Å². The second-order valence-corrected chi connectivity index (χ2v) is 8.94. The van der Waals surface area contributed by atoms with Gasteiger partial charge in [0.25, 0.3) is 0 Å². The molecule has 4 rings (SSSR count). The second-order valence-electron chi connectivity index (χ2n) is 7.40. The number of hydrogen-bond donors (Lipinski definition) is 2. The summed E-state index contributed by atoms with van der Waals surface area (Å²) in [4.78, 5) is 17.8. The van der Waals surface area contributed by atoms with E-state index in [1.165, 1.54) is 17.0 Å². The van der Waals surface area contributed by atoms with Crippen LogP contribution in [0.4, 0.5) is 10.1 Å². The van der Waals surface area contributed by atoms with Crippen LogP contribution in [0.25, 0.3) is 10.2 Å². The molecule has 33 heavy (non-hydrogen) atoms. The molecule has 0 saturated heterocycles. The molecular weight excluding hydrogens is 457 g/mol. The quantitative estimate of drug-likeness (QED) is 0.307. The Morgan fingerprint density at radius 1 is 1.12 bits per heavy atom. The van der Waals surface area contributed by atoms with Crippen LogP contribution in [0.2, 0.25) is 0 Å². The summed E-state index contributed by atoms with van der Waals surface area (Å²) in [6.07, 6.45) is 3.87. The Morgan fingerprint density at radius 2 is 1.94 bits per heavy atom. The van der Waals surface area contributed by atoms with Crippen LogP contribution in [0.1, 0.15) is 23.8 Å². The summed E-state index contributed by atoms with van der Waals surface area (Å²) >= 11 is 6.80. The SMILES string of the molecule is CCCc1cc2nccc(Oc3ccc(NC(=S)NC(=O)Cc4ccccc4)cc3F)c2s1. The largest absolute Gasteiger partial charge is 0.453 e. The Hall–Kier alpha value is -3.36. The topological polar surface area (TPSA) is 63.2 Å². The number of thiophene rings is 1. The molecule has 168 valence electrons. The minimum absolute atomic E-state index is 0.0949. The monoisotopic (exact) mass is 479 g/mol. The number of hydrogen-bond acceptors (Lipinski definition) is 5. The number of ether oxygens (including phenoxy) is 1. The van der Waals surface area contributed by atoms with E-state index in [1.807, 2.05) is 36.4 Å². The van der Waals surface area contributed by atoms with E-state index >= 15 is 0 Å². The van der Waals surface area contributed by atoms with Gasteiger partial charge in [0.2, 0.25) is 5.91 Å². The first kappa shape index (κ1) is 22.8. The number of nitrogens with zero attached hydrogens (tertiary/aromatic N) is 1. The number of amides is 1. The lowest BCUT2D eigenvalue weighted by atomic mass is 10.1. The first-order valence-electron chi connectivity index (χ1n) is 10.5. The Labute approximate surface area is 200 Å². The van der Waals surface area contributed by atoms with E-state index in [-0.39, 0.29) is 23.2 Å². The van der Waals surface area contributed by atoms with Crippen molar-refractivity contribution >= 4 is 50.5 Å². The highest BCUT2D eigenvalue weighted by molar-refractivity contribution is 7.80. The smallest absolute Gasteiger partial charge is 0.230 e. The lowest BCUT2D eigenvalue weighted by Gasteiger charge is -2.12. The zero-order valence-electron chi connectivity index (χ0n) is 17.9. The normalized spacial score (nSPS) is 10.7. The summed E-state index contributed by atoms with van der Waals surface area (Å²) < 4.78 is 21.5. The van der Waals surface area contributed by atoms with E-state index < -0.39 is 5.82 Å². The molecule has 0 fully saturated rings. The first-order valence-corrected chi connectivity index (χ1v) is 11.7. The summed E-state index contributed by atoms with van der Waals surface area (Å²) in [6.45, 7) is 2.13. The zero-order valence-corrected chi connectivity index (χ0v) is 19.6. The lowest BCUT2D eigenvalue weighted by Crippen LogP contribution is -2.35. The van der Waals surface area contributed by atoms with Gasteiger partial charge in [0.1, 0.15) is 5.75 Å². The average molecular weight is 480 g/mol. The zero-order chi connectivity index (χ0) is 23.2. The van der Waals surface area contributed by atoms with E-state index in [2.05, 4.69) is 22.5 Å². The number of halogens is 1. The van der Waals surface area contributed by atoms with E-state index in [9.17, 15) is 9.18 Å². The summed E-state index contributed by atoms with van der Waals surface area (Å²) in [5.74, 6) is -0.138. The van der Waals surface area contributed by atoms with Crippen LogP contribution in [0.15, 0.2) is 66.9 Å². The van der Waals surface area contributed by atoms with Crippen molar-refractivity contribution in [1.82, 2.24) is 10.3 Å². The average Bonchev–Trinajstić information content (AvgIpc) is 3.20. The molecule has 0 unspecified atom stereocenters. The highest BCUT2D eigenvalue weighted by Crippen LogP contribution is 2.36. The number of rotatable bonds is 7. The molecule has 0 saturated carbocycles. The number of nitrogens with one attached hydrogen (secondary N) is 2. The third kappa shape index (κ3) is 5.91. The van der Waals surface area contributed by atoms with Gasteiger partial charge in [-0.3, -0.25) is 9.78 Å². The Bertz CT molecular complexity index is 1290. The summed E-state index contributed by atoms with van der Waals surface area (Å²) in [5, 5.41) is 5.54. The van der Waals surface area contributed by atoms with Gasteiger partial charge in [0, 0.05) is 28.9 Å². The predicted molar refractivity (Wildman–Crippen MR) is 135 cm³/mol. The molecule has 0 radical (unpaired) electrons. The molecule has 1 amide bonds. The van der Waals surface area contributed by atoms with Gasteiger partial charge < -0.3 is 15.4 Å². The Morgan fingerprint density at radius 3 is 2.70 bits per heavy atom. The standard InChI is InChI=1S/C25H22FN3O2S2/c1-2-6-18-15-20-24(33-18)22(11-12-27-20)31-21-10-9-17(14-19(21)26)28-25(32)29-23(30)13-16-7-4-3-5-8-16/h3-5,7-12,14-15H,2,6,13H2,1H3,(H2,28,29,30,32). The lowest BCUT2D eigenvalue weighted by molar-refractivity contribution is -0.119. The molecule has 2 aromatic heterocycles. The summed E-state index contributed by atoms with van der Waals surface area (Å²) in [7, 11) is 0. The molecule has 5 nitrogen and oxygen atoms in total. The van der Waals surface area contributed by atoms with Gasteiger partial charge >= 0.3 is 0 Å². The molecule has 0 atom stereocenters. The van der Waals surface area contributed by atoms with E-state index in [4.69, 9.17) is 17.0 Å². The Kier molecular flexibility index (Phi) is 7.26. The van der Waals surface area contributed by atoms with Gasteiger partial charge in [-0.25, -0.2) is 4.39 Å². The second kappa shape index (κ2) is 10.5. The van der Waals surface area contributed by atoms with Crippen molar-refractivity contribution in [1.29, 1.82) is 0 Å². The number of thiocarbonyl (C=S) groups is 1. The summed E-state index contributed by atoms with van der Waals surface area (Å²) in [5.41, 5.74) is 2.13. The maximum absolute atomic E-state index is 14.8. The van der Waals surface area contributed by atoms with E-state index in [1.54, 1.807) is 29.7 Å². The number of aromatic nitrogens is 1. The molecule has 2 aromatic carbocycles. The first-order chi connectivity index (χ1) is 16.0. The van der Waals surface area contributed by atoms with Crippen LogP contribution < -0.4 is 15.4 Å². The molecule has 0 bridgehead atoms. The Balaban J connectivity index is 1.40. The number of benzene rings is 2. The van der Waals surface area contributed by atoms with Crippen LogP contribution in [0.3, 0.4) is 0 Å². The van der Waals surface area contributed by atoms with Gasteiger partial charge in [-0.2, -0.15) is 0 Å².